The van der Waals surface area contributed by atoms with Crippen molar-refractivity contribution in [2.75, 3.05) is 7.11 Å². The van der Waals surface area contributed by atoms with Gasteiger partial charge in [-0.3, -0.25) is 9.69 Å². The number of carbonyl (C=O) groups excluding carboxylic acids is 1. The zero-order chi connectivity index (χ0) is 18.0. The summed E-state index contributed by atoms with van der Waals surface area (Å²) in [5, 5.41) is 9.89. The Bertz CT molecular complexity index is 868. The van der Waals surface area contributed by atoms with Crippen LogP contribution in [0.2, 0.25) is 0 Å². The molecule has 1 saturated heterocycles. The van der Waals surface area contributed by atoms with E-state index in [9.17, 15) is 9.90 Å². The number of halogens is 1. The molecular weight excluding hydrogens is 422 g/mol. The van der Waals surface area contributed by atoms with Gasteiger partial charge in [0.1, 0.15) is 4.32 Å². The van der Waals surface area contributed by atoms with E-state index in [1.54, 1.807) is 23.1 Å². The normalized spacial score (nSPS) is 15.9. The number of rotatable bonds is 4. The number of aromatic hydroxyl groups is 1. The van der Waals surface area contributed by atoms with Crippen LogP contribution in [0.3, 0.4) is 0 Å². The van der Waals surface area contributed by atoms with Crippen LogP contribution in [0.15, 0.2) is 51.8 Å². The first-order valence-electron chi connectivity index (χ1n) is 7.35. The zero-order valence-electron chi connectivity index (χ0n) is 13.2. The SMILES string of the molecule is COc1cc(/C=C2/SC(=S)N(Cc3ccccc3)C2=O)cc(Br)c1O. The van der Waals surface area contributed by atoms with Gasteiger partial charge in [0.05, 0.1) is 23.0 Å². The molecule has 1 N–H and O–H groups in total. The van der Waals surface area contributed by atoms with E-state index >= 15 is 0 Å². The third kappa shape index (κ3) is 3.89. The predicted octanol–water partition coefficient (Wildman–Crippen LogP) is 4.56. The second-order valence-electron chi connectivity index (χ2n) is 5.31. The van der Waals surface area contributed by atoms with Crippen LogP contribution >= 0.6 is 39.9 Å². The van der Waals surface area contributed by atoms with Crippen LogP contribution in [0.25, 0.3) is 6.08 Å². The number of phenolic OH excluding ortho intramolecular Hbond substituents is 1. The summed E-state index contributed by atoms with van der Waals surface area (Å²) in [5.41, 5.74) is 1.76. The highest BCUT2D eigenvalue weighted by Gasteiger charge is 2.32. The minimum atomic E-state index is -0.123. The molecule has 0 unspecified atom stereocenters. The number of ether oxygens (including phenoxy) is 1. The Morgan fingerprint density at radius 1 is 1.32 bits per heavy atom. The highest BCUT2D eigenvalue weighted by atomic mass is 79.9. The molecule has 7 heteroatoms. The van der Waals surface area contributed by atoms with Crippen LogP contribution in [0.4, 0.5) is 0 Å². The summed E-state index contributed by atoms with van der Waals surface area (Å²) < 4.78 is 6.17. The predicted molar refractivity (Wildman–Crippen MR) is 108 cm³/mol. The minimum absolute atomic E-state index is 0.0243. The summed E-state index contributed by atoms with van der Waals surface area (Å²) in [6.07, 6.45) is 1.75. The van der Waals surface area contributed by atoms with Crippen LogP contribution < -0.4 is 4.74 Å². The Balaban J connectivity index is 1.87. The van der Waals surface area contributed by atoms with E-state index in [1.807, 2.05) is 30.3 Å². The Labute approximate surface area is 163 Å². The maximum Gasteiger partial charge on any atom is 0.266 e. The van der Waals surface area contributed by atoms with Crippen molar-refractivity contribution in [1.29, 1.82) is 0 Å². The summed E-state index contributed by atoms with van der Waals surface area (Å²) >= 11 is 9.91. The molecular formula is C18H14BrNO3S2. The number of methoxy groups -OCH3 is 1. The van der Waals surface area contributed by atoms with Gasteiger partial charge in [-0.1, -0.05) is 54.3 Å². The van der Waals surface area contributed by atoms with Gasteiger partial charge in [0.25, 0.3) is 5.91 Å². The van der Waals surface area contributed by atoms with E-state index in [0.29, 0.717) is 26.0 Å². The van der Waals surface area contributed by atoms with Crippen LogP contribution in [-0.4, -0.2) is 27.3 Å². The van der Waals surface area contributed by atoms with Crippen molar-refractivity contribution in [3.05, 3.63) is 63.0 Å². The fraction of sp³-hybridized carbons (Fsp3) is 0.111. The largest absolute Gasteiger partial charge is 0.503 e. The van der Waals surface area contributed by atoms with Gasteiger partial charge >= 0.3 is 0 Å². The van der Waals surface area contributed by atoms with E-state index in [2.05, 4.69) is 15.9 Å². The molecule has 0 bridgehead atoms. The molecule has 0 saturated carbocycles. The van der Waals surface area contributed by atoms with Crippen LogP contribution in [-0.2, 0) is 11.3 Å². The van der Waals surface area contributed by atoms with E-state index < -0.39 is 0 Å². The van der Waals surface area contributed by atoms with E-state index in [4.69, 9.17) is 17.0 Å². The second-order valence-corrected chi connectivity index (χ2v) is 7.84. The van der Waals surface area contributed by atoms with E-state index in [1.165, 1.54) is 18.9 Å². The molecule has 0 spiro atoms. The van der Waals surface area contributed by atoms with Gasteiger partial charge in [-0.05, 0) is 45.3 Å². The van der Waals surface area contributed by atoms with Crippen molar-refractivity contribution in [2.45, 2.75) is 6.54 Å². The lowest BCUT2D eigenvalue weighted by molar-refractivity contribution is -0.122. The number of phenols is 1. The molecule has 1 aliphatic heterocycles. The van der Waals surface area contributed by atoms with E-state index in [0.717, 1.165) is 11.1 Å². The average molecular weight is 436 g/mol. The molecule has 25 heavy (non-hydrogen) atoms. The number of hydrogen-bond acceptors (Lipinski definition) is 5. The highest BCUT2D eigenvalue weighted by molar-refractivity contribution is 9.10. The van der Waals surface area contributed by atoms with Gasteiger partial charge < -0.3 is 9.84 Å². The molecule has 1 amide bonds. The number of benzene rings is 2. The topological polar surface area (TPSA) is 49.8 Å². The molecule has 3 rings (SSSR count). The average Bonchev–Trinajstić information content (AvgIpc) is 2.86. The van der Waals surface area contributed by atoms with Crippen molar-refractivity contribution in [2.24, 2.45) is 0 Å². The fourth-order valence-corrected chi connectivity index (χ4v) is 4.10. The first kappa shape index (κ1) is 18.0. The van der Waals surface area contributed by atoms with Crippen molar-refractivity contribution in [3.8, 4) is 11.5 Å². The summed E-state index contributed by atoms with van der Waals surface area (Å²) in [6, 6.07) is 13.1. The van der Waals surface area contributed by atoms with Crippen molar-refractivity contribution in [1.82, 2.24) is 4.90 Å². The molecule has 1 fully saturated rings. The maximum atomic E-state index is 12.7. The van der Waals surface area contributed by atoms with Crippen LogP contribution in [0.5, 0.6) is 11.5 Å². The molecule has 0 aromatic heterocycles. The number of thioether (sulfide) groups is 1. The standard InChI is InChI=1S/C18H14BrNO3S2/c1-23-14-8-12(7-13(19)16(14)21)9-15-17(22)20(18(24)25-15)10-11-5-3-2-4-6-11/h2-9,21H,10H2,1H3/b15-9+. The van der Waals surface area contributed by atoms with Gasteiger partial charge in [-0.25, -0.2) is 0 Å². The molecule has 2 aromatic rings. The number of thiocarbonyl (C=S) groups is 1. The lowest BCUT2D eigenvalue weighted by Gasteiger charge is -2.14. The number of carbonyl (C=O) groups is 1. The van der Waals surface area contributed by atoms with Crippen molar-refractivity contribution < 1.29 is 14.6 Å². The smallest absolute Gasteiger partial charge is 0.266 e. The summed E-state index contributed by atoms with van der Waals surface area (Å²) in [5.74, 6) is 0.235. The first-order valence-corrected chi connectivity index (χ1v) is 9.37. The fourth-order valence-electron chi connectivity index (χ4n) is 2.39. The first-order chi connectivity index (χ1) is 12.0. The van der Waals surface area contributed by atoms with Gasteiger partial charge in [-0.2, -0.15) is 0 Å². The minimum Gasteiger partial charge on any atom is -0.503 e. The van der Waals surface area contributed by atoms with Crippen molar-refractivity contribution >= 4 is 56.2 Å². The lowest BCUT2D eigenvalue weighted by Crippen LogP contribution is -2.27. The van der Waals surface area contributed by atoms with Gasteiger partial charge in [0.2, 0.25) is 0 Å². The monoisotopic (exact) mass is 435 g/mol. The summed E-state index contributed by atoms with van der Waals surface area (Å²) in [7, 11) is 1.48. The third-order valence-electron chi connectivity index (χ3n) is 3.63. The van der Waals surface area contributed by atoms with Gasteiger partial charge in [0, 0.05) is 0 Å². The molecule has 1 heterocycles. The Morgan fingerprint density at radius 2 is 2.04 bits per heavy atom. The van der Waals surface area contributed by atoms with Crippen molar-refractivity contribution in [3.63, 3.8) is 0 Å². The quantitative estimate of drug-likeness (QED) is 0.563. The maximum absolute atomic E-state index is 12.7. The third-order valence-corrected chi connectivity index (χ3v) is 5.61. The molecule has 0 radical (unpaired) electrons. The Kier molecular flexibility index (Phi) is 5.46. The van der Waals surface area contributed by atoms with Crippen LogP contribution in [0.1, 0.15) is 11.1 Å². The summed E-state index contributed by atoms with van der Waals surface area (Å²) in [4.78, 5) is 14.8. The summed E-state index contributed by atoms with van der Waals surface area (Å²) in [6.45, 7) is 0.450. The molecule has 2 aromatic carbocycles. The number of amides is 1. The zero-order valence-corrected chi connectivity index (χ0v) is 16.5. The molecule has 0 aliphatic carbocycles. The molecule has 1 aliphatic rings. The second kappa shape index (κ2) is 7.59. The highest BCUT2D eigenvalue weighted by Crippen LogP contribution is 2.38. The Hall–Kier alpha value is -1.83. The van der Waals surface area contributed by atoms with Crippen LogP contribution in [0, 0.1) is 0 Å². The number of nitrogens with zero attached hydrogens (tertiary/aromatic N) is 1. The Morgan fingerprint density at radius 3 is 2.72 bits per heavy atom. The number of hydrogen-bond donors (Lipinski definition) is 1. The molecule has 128 valence electrons. The molecule has 0 atom stereocenters. The van der Waals surface area contributed by atoms with Gasteiger partial charge in [0.15, 0.2) is 11.5 Å². The molecule has 4 nitrogen and oxygen atoms in total. The van der Waals surface area contributed by atoms with E-state index in [-0.39, 0.29) is 11.7 Å². The lowest BCUT2D eigenvalue weighted by atomic mass is 10.1. The van der Waals surface area contributed by atoms with Gasteiger partial charge in [-0.15, -0.1) is 0 Å².